The van der Waals surface area contributed by atoms with Gasteiger partial charge in [-0.15, -0.1) is 0 Å². The molecule has 142 valence electrons. The Bertz CT molecular complexity index is 801. The second-order valence-electron chi connectivity index (χ2n) is 6.38. The molecule has 0 spiro atoms. The molecule has 2 aromatic rings. The lowest BCUT2D eigenvalue weighted by atomic mass is 10.1. The molecule has 0 amide bonds. The van der Waals surface area contributed by atoms with Crippen molar-refractivity contribution in [3.8, 4) is 0 Å². The molecule has 0 saturated carbocycles. The predicted molar refractivity (Wildman–Crippen MR) is 97.5 cm³/mol. The van der Waals surface area contributed by atoms with Crippen LogP contribution in [0.2, 0.25) is 0 Å². The zero-order valence-electron chi connectivity index (χ0n) is 15.1. The van der Waals surface area contributed by atoms with E-state index in [1.807, 2.05) is 12.1 Å². The summed E-state index contributed by atoms with van der Waals surface area (Å²) >= 11 is 0. The van der Waals surface area contributed by atoms with Crippen LogP contribution in [-0.4, -0.2) is 37.2 Å². The molecular weight excluding hydrogens is 350 g/mol. The molecule has 0 bridgehead atoms. The highest BCUT2D eigenvalue weighted by atomic mass is 16.6. The van der Waals surface area contributed by atoms with Gasteiger partial charge in [0.25, 0.3) is 5.82 Å². The average molecular weight is 372 g/mol. The van der Waals surface area contributed by atoms with E-state index in [-0.39, 0.29) is 17.8 Å². The van der Waals surface area contributed by atoms with Crippen molar-refractivity contribution >= 4 is 17.5 Å². The van der Waals surface area contributed by atoms with Crippen LogP contribution in [0.1, 0.15) is 28.8 Å². The monoisotopic (exact) mass is 372 g/mol. The van der Waals surface area contributed by atoms with Gasteiger partial charge < -0.3 is 9.47 Å². The molecule has 8 nitrogen and oxygen atoms in total. The minimum absolute atomic E-state index is 0.0474. The van der Waals surface area contributed by atoms with Gasteiger partial charge in [0.05, 0.1) is 43.4 Å². The number of H-pyrrole nitrogens is 1. The molecule has 0 aliphatic carbocycles. The van der Waals surface area contributed by atoms with Crippen LogP contribution in [0.3, 0.4) is 0 Å². The number of carbonyl (C=O) groups excluding carboxylic acids is 1. The van der Waals surface area contributed by atoms with Crippen molar-refractivity contribution in [1.29, 1.82) is 0 Å². The quantitative estimate of drug-likeness (QED) is 0.439. The van der Waals surface area contributed by atoms with Crippen LogP contribution in [0, 0.1) is 10.1 Å². The number of nitrogens with one attached hydrogen (secondary N) is 1. The van der Waals surface area contributed by atoms with E-state index in [0.717, 1.165) is 37.3 Å². The zero-order chi connectivity index (χ0) is 19.2. The first-order valence-electron chi connectivity index (χ1n) is 8.77. The third-order valence-corrected chi connectivity index (χ3v) is 4.61. The van der Waals surface area contributed by atoms with E-state index in [1.54, 1.807) is 18.2 Å². The predicted octanol–water partition coefficient (Wildman–Crippen LogP) is 2.38. The number of carbonyl (C=O) groups is 1. The van der Waals surface area contributed by atoms with E-state index in [4.69, 9.17) is 9.47 Å². The number of hydrogen-bond donors (Lipinski definition) is 0. The molecule has 3 rings (SSSR count). The van der Waals surface area contributed by atoms with Crippen molar-refractivity contribution in [2.45, 2.75) is 25.6 Å². The Morgan fingerprint density at radius 1 is 1.30 bits per heavy atom. The second kappa shape index (κ2) is 8.59. The van der Waals surface area contributed by atoms with Crippen LogP contribution in [-0.2, 0) is 16.1 Å². The Morgan fingerprint density at radius 3 is 2.70 bits per heavy atom. The van der Waals surface area contributed by atoms with E-state index >= 15 is 0 Å². The number of methoxy groups -OCH3 is 1. The normalized spacial score (nSPS) is 14.8. The summed E-state index contributed by atoms with van der Waals surface area (Å²) < 4.78 is 10.7. The molecule has 1 aliphatic heterocycles. The first kappa shape index (κ1) is 18.8. The lowest BCUT2D eigenvalue weighted by molar-refractivity contribution is -0.414. The number of aromatic amines is 1. The summed E-state index contributed by atoms with van der Waals surface area (Å²) in [5, 5.41) is 10.7. The number of pyridine rings is 1. The Balaban J connectivity index is 1.50. The number of nitrogens with zero attached hydrogens (tertiary/aromatic N) is 2. The molecule has 1 N–H and O–H groups in total. The molecule has 1 aromatic carbocycles. The summed E-state index contributed by atoms with van der Waals surface area (Å²) in [7, 11) is 1.36. The number of esters is 1. The summed E-state index contributed by atoms with van der Waals surface area (Å²) in [5.41, 5.74) is 1.50. The first-order valence-corrected chi connectivity index (χ1v) is 8.77. The highest BCUT2D eigenvalue weighted by Crippen LogP contribution is 2.20. The topological polar surface area (TPSA) is 96.0 Å². The van der Waals surface area contributed by atoms with E-state index in [9.17, 15) is 14.9 Å². The van der Waals surface area contributed by atoms with Gasteiger partial charge in [-0.25, -0.2) is 9.78 Å². The van der Waals surface area contributed by atoms with Gasteiger partial charge in [0, 0.05) is 25.0 Å². The largest absolute Gasteiger partial charge is 0.465 e. The minimum atomic E-state index is -0.421. The van der Waals surface area contributed by atoms with Crippen molar-refractivity contribution < 1.29 is 24.2 Å². The van der Waals surface area contributed by atoms with Crippen LogP contribution < -0.4 is 9.88 Å². The van der Waals surface area contributed by atoms with Gasteiger partial charge >= 0.3 is 11.7 Å². The summed E-state index contributed by atoms with van der Waals surface area (Å²) in [6.45, 7) is 2.06. The molecule has 1 aromatic heterocycles. The van der Waals surface area contributed by atoms with Crippen molar-refractivity contribution in [3.05, 3.63) is 63.8 Å². The van der Waals surface area contributed by atoms with Gasteiger partial charge in [0.2, 0.25) is 0 Å². The maximum Gasteiger partial charge on any atom is 0.337 e. The molecule has 8 heteroatoms. The van der Waals surface area contributed by atoms with Gasteiger partial charge in [0.15, 0.2) is 6.20 Å². The van der Waals surface area contributed by atoms with Gasteiger partial charge in [0.1, 0.15) is 0 Å². The first-order chi connectivity index (χ1) is 13.1. The minimum Gasteiger partial charge on any atom is -0.465 e. The van der Waals surface area contributed by atoms with Gasteiger partial charge in [-0.1, -0.05) is 12.1 Å². The summed E-state index contributed by atoms with van der Waals surface area (Å²) in [4.78, 5) is 27.0. The number of nitro groups is 1. The zero-order valence-corrected chi connectivity index (χ0v) is 15.1. The van der Waals surface area contributed by atoms with Crippen molar-refractivity contribution in [2.75, 3.05) is 25.1 Å². The van der Waals surface area contributed by atoms with E-state index in [2.05, 4.69) is 9.88 Å². The van der Waals surface area contributed by atoms with E-state index in [1.165, 1.54) is 19.4 Å². The lowest BCUT2D eigenvalue weighted by Gasteiger charge is -2.27. The van der Waals surface area contributed by atoms with Crippen molar-refractivity contribution in [1.82, 2.24) is 0 Å². The molecule has 0 atom stereocenters. The van der Waals surface area contributed by atoms with Gasteiger partial charge in [-0.3, -0.25) is 15.0 Å². The van der Waals surface area contributed by atoms with Crippen molar-refractivity contribution in [3.63, 3.8) is 0 Å². The third kappa shape index (κ3) is 4.79. The number of ether oxygens (including phenoxy) is 2. The number of hydrogen-bond acceptors (Lipinski definition) is 6. The molecule has 0 radical (unpaired) electrons. The number of aromatic nitrogens is 1. The molecular formula is C19H22N3O5+. The third-order valence-electron chi connectivity index (χ3n) is 4.61. The Hall–Kier alpha value is -3.00. The number of rotatable bonds is 6. The average Bonchev–Trinajstić information content (AvgIpc) is 2.72. The number of anilines is 1. The summed E-state index contributed by atoms with van der Waals surface area (Å²) in [6, 6.07) is 10.5. The standard InChI is InChI=1S/C19H21N3O5/c1-26-19(23)15-4-2-3-14(11-15)13-27-17-7-9-21(10-8-17)18-6-5-16(12-20-18)22(24)25/h2-6,11-12,17H,7-10,13H2,1H3/p+1. The highest BCUT2D eigenvalue weighted by molar-refractivity contribution is 5.89. The molecule has 1 saturated heterocycles. The number of piperidine rings is 1. The molecule has 27 heavy (non-hydrogen) atoms. The fraction of sp³-hybridized carbons (Fsp3) is 0.368. The van der Waals surface area contributed by atoms with Crippen molar-refractivity contribution in [2.24, 2.45) is 0 Å². The van der Waals surface area contributed by atoms with Crippen LogP contribution in [0.5, 0.6) is 0 Å². The van der Waals surface area contributed by atoms with E-state index in [0.29, 0.717) is 12.2 Å². The Kier molecular flexibility index (Phi) is 5.97. The van der Waals surface area contributed by atoms with Crippen LogP contribution >= 0.6 is 0 Å². The molecule has 1 aliphatic rings. The number of benzene rings is 1. The second-order valence-corrected chi connectivity index (χ2v) is 6.38. The highest BCUT2D eigenvalue weighted by Gasteiger charge is 2.26. The molecule has 1 fully saturated rings. The fourth-order valence-electron chi connectivity index (χ4n) is 3.10. The van der Waals surface area contributed by atoms with Crippen LogP contribution in [0.25, 0.3) is 0 Å². The van der Waals surface area contributed by atoms with Crippen LogP contribution in [0.15, 0.2) is 42.6 Å². The molecule has 2 heterocycles. The smallest absolute Gasteiger partial charge is 0.337 e. The maximum absolute atomic E-state index is 11.6. The van der Waals surface area contributed by atoms with Crippen LogP contribution in [0.4, 0.5) is 11.5 Å². The maximum atomic E-state index is 11.6. The Labute approximate surface area is 156 Å². The van der Waals surface area contributed by atoms with Gasteiger partial charge in [-0.05, 0) is 17.7 Å². The van der Waals surface area contributed by atoms with E-state index < -0.39 is 4.92 Å². The fourth-order valence-corrected chi connectivity index (χ4v) is 3.10. The Morgan fingerprint density at radius 2 is 2.07 bits per heavy atom. The van der Waals surface area contributed by atoms with Gasteiger partial charge in [-0.2, -0.15) is 0 Å². The summed E-state index contributed by atoms with van der Waals surface area (Å²) in [5.74, 6) is 0.509. The lowest BCUT2D eigenvalue weighted by Crippen LogP contribution is -2.39. The SMILES string of the molecule is COC(=O)c1cccc(COC2CCN(c3ccc([N+](=O)[O-])c[nH+]3)CC2)c1. The molecule has 0 unspecified atom stereocenters. The summed E-state index contributed by atoms with van der Waals surface area (Å²) in [6.07, 6.45) is 3.27.